The minimum atomic E-state index is 0.577. The summed E-state index contributed by atoms with van der Waals surface area (Å²) in [5.74, 6) is 0.888. The first-order valence-electron chi connectivity index (χ1n) is 6.87. The predicted octanol–water partition coefficient (Wildman–Crippen LogP) is 4.34. The summed E-state index contributed by atoms with van der Waals surface area (Å²) in [5.41, 5.74) is 3.54. The molecule has 0 aliphatic rings. The molecule has 2 rings (SSSR count). The predicted molar refractivity (Wildman–Crippen MR) is 84.3 cm³/mol. The lowest BCUT2D eigenvalue weighted by molar-refractivity contribution is 0.301. The molecule has 20 heavy (non-hydrogen) atoms. The van der Waals surface area contributed by atoms with Gasteiger partial charge in [0.05, 0.1) is 0 Å². The zero-order valence-electron chi connectivity index (χ0n) is 11.9. The highest BCUT2D eigenvalue weighted by Crippen LogP contribution is 2.24. The number of hydrogen-bond donors (Lipinski definition) is 1. The van der Waals surface area contributed by atoms with Gasteiger partial charge in [-0.05, 0) is 42.8 Å². The van der Waals surface area contributed by atoms with E-state index in [-0.39, 0.29) is 0 Å². The smallest absolute Gasteiger partial charge is 0.124 e. The van der Waals surface area contributed by atoms with Crippen molar-refractivity contribution in [2.75, 3.05) is 6.54 Å². The second-order valence-corrected chi connectivity index (χ2v) is 5.18. The number of hydrogen-bond acceptors (Lipinski definition) is 2. The van der Waals surface area contributed by atoms with Crippen LogP contribution in [0.4, 0.5) is 0 Å². The van der Waals surface area contributed by atoms with Gasteiger partial charge in [0.15, 0.2) is 0 Å². The molecule has 0 amide bonds. The highest BCUT2D eigenvalue weighted by molar-refractivity contribution is 6.30. The Kier molecular flexibility index (Phi) is 5.45. The van der Waals surface area contributed by atoms with Gasteiger partial charge in [0.1, 0.15) is 12.4 Å². The molecule has 1 N–H and O–H groups in total. The van der Waals surface area contributed by atoms with Crippen LogP contribution in [0.3, 0.4) is 0 Å². The zero-order chi connectivity index (χ0) is 14.4. The normalized spacial score (nSPS) is 10.6. The number of benzene rings is 2. The summed E-state index contributed by atoms with van der Waals surface area (Å²) in [6.07, 6.45) is 0. The van der Waals surface area contributed by atoms with Crippen molar-refractivity contribution in [1.29, 1.82) is 0 Å². The number of aryl methyl sites for hydroxylation is 1. The summed E-state index contributed by atoms with van der Waals surface area (Å²) in [4.78, 5) is 0. The van der Waals surface area contributed by atoms with Crippen LogP contribution >= 0.6 is 11.6 Å². The van der Waals surface area contributed by atoms with Crippen molar-refractivity contribution in [2.24, 2.45) is 0 Å². The summed E-state index contributed by atoms with van der Waals surface area (Å²) >= 11 is 6.05. The van der Waals surface area contributed by atoms with Crippen LogP contribution in [-0.2, 0) is 13.2 Å². The largest absolute Gasteiger partial charge is 0.489 e. The summed E-state index contributed by atoms with van der Waals surface area (Å²) in [7, 11) is 0. The zero-order valence-corrected chi connectivity index (χ0v) is 12.7. The molecule has 0 saturated carbocycles. The van der Waals surface area contributed by atoms with E-state index >= 15 is 0 Å². The standard InChI is InChI=1S/C17H20ClNO/c1-3-19-11-15-10-16(18)8-9-17(15)20-12-14-7-5-4-6-13(14)2/h4-10,19H,3,11-12H2,1-2H3. The molecule has 3 heteroatoms. The van der Waals surface area contributed by atoms with Crippen LogP contribution in [0.2, 0.25) is 5.02 Å². The third kappa shape index (κ3) is 3.99. The Morgan fingerprint density at radius 1 is 1.10 bits per heavy atom. The first kappa shape index (κ1) is 14.9. The molecule has 0 atom stereocenters. The van der Waals surface area contributed by atoms with Gasteiger partial charge < -0.3 is 10.1 Å². The number of nitrogens with one attached hydrogen (secondary N) is 1. The van der Waals surface area contributed by atoms with Gasteiger partial charge in [-0.25, -0.2) is 0 Å². The molecule has 2 nitrogen and oxygen atoms in total. The highest BCUT2D eigenvalue weighted by atomic mass is 35.5. The highest BCUT2D eigenvalue weighted by Gasteiger charge is 2.06. The average Bonchev–Trinajstić information content (AvgIpc) is 2.45. The van der Waals surface area contributed by atoms with Crippen molar-refractivity contribution in [2.45, 2.75) is 27.0 Å². The molecule has 2 aromatic carbocycles. The molecule has 0 fully saturated rings. The van der Waals surface area contributed by atoms with E-state index in [1.807, 2.05) is 30.3 Å². The molecule has 0 spiro atoms. The third-order valence-electron chi connectivity index (χ3n) is 3.23. The maximum Gasteiger partial charge on any atom is 0.124 e. The van der Waals surface area contributed by atoms with Gasteiger partial charge in [-0.15, -0.1) is 0 Å². The molecule has 0 radical (unpaired) electrons. The van der Waals surface area contributed by atoms with Gasteiger partial charge in [-0.3, -0.25) is 0 Å². The Balaban J connectivity index is 2.10. The second kappa shape index (κ2) is 7.32. The van der Waals surface area contributed by atoms with Gasteiger partial charge >= 0.3 is 0 Å². The van der Waals surface area contributed by atoms with E-state index in [0.29, 0.717) is 6.61 Å². The summed E-state index contributed by atoms with van der Waals surface area (Å²) in [5, 5.41) is 4.04. The van der Waals surface area contributed by atoms with E-state index in [1.54, 1.807) is 0 Å². The fraction of sp³-hybridized carbons (Fsp3) is 0.294. The maximum atomic E-state index is 6.05. The molecule has 0 bridgehead atoms. The fourth-order valence-electron chi connectivity index (χ4n) is 2.01. The lowest BCUT2D eigenvalue weighted by Gasteiger charge is -2.13. The van der Waals surface area contributed by atoms with Gasteiger partial charge in [0, 0.05) is 17.1 Å². The van der Waals surface area contributed by atoms with E-state index < -0.39 is 0 Å². The first-order valence-corrected chi connectivity index (χ1v) is 7.25. The Bertz CT molecular complexity index is 569. The monoisotopic (exact) mass is 289 g/mol. The van der Waals surface area contributed by atoms with Crippen molar-refractivity contribution >= 4 is 11.6 Å². The molecule has 0 heterocycles. The van der Waals surface area contributed by atoms with Gasteiger partial charge in [-0.1, -0.05) is 42.8 Å². The minimum Gasteiger partial charge on any atom is -0.489 e. The Morgan fingerprint density at radius 2 is 1.90 bits per heavy atom. The van der Waals surface area contributed by atoms with Crippen LogP contribution in [0.1, 0.15) is 23.6 Å². The van der Waals surface area contributed by atoms with E-state index in [1.165, 1.54) is 11.1 Å². The number of ether oxygens (including phenoxy) is 1. The van der Waals surface area contributed by atoms with E-state index in [4.69, 9.17) is 16.3 Å². The van der Waals surface area contributed by atoms with Crippen LogP contribution < -0.4 is 10.1 Å². The SMILES string of the molecule is CCNCc1cc(Cl)ccc1OCc1ccccc1C. The first-order chi connectivity index (χ1) is 9.70. The van der Waals surface area contributed by atoms with E-state index in [2.05, 4.69) is 31.3 Å². The van der Waals surface area contributed by atoms with Crippen LogP contribution in [0.5, 0.6) is 5.75 Å². The van der Waals surface area contributed by atoms with Crippen LogP contribution in [0.25, 0.3) is 0 Å². The van der Waals surface area contributed by atoms with Crippen molar-refractivity contribution in [1.82, 2.24) is 5.32 Å². The summed E-state index contributed by atoms with van der Waals surface area (Å²) in [6.45, 7) is 6.44. The molecule has 0 aliphatic heterocycles. The topological polar surface area (TPSA) is 21.3 Å². The number of halogens is 1. The molecule has 2 aromatic rings. The number of rotatable bonds is 6. The second-order valence-electron chi connectivity index (χ2n) is 4.75. The Labute approximate surface area is 125 Å². The molecule has 0 unspecified atom stereocenters. The Morgan fingerprint density at radius 3 is 2.65 bits per heavy atom. The minimum absolute atomic E-state index is 0.577. The third-order valence-corrected chi connectivity index (χ3v) is 3.47. The van der Waals surface area contributed by atoms with Gasteiger partial charge in [0.2, 0.25) is 0 Å². The van der Waals surface area contributed by atoms with E-state index in [9.17, 15) is 0 Å². The van der Waals surface area contributed by atoms with E-state index in [0.717, 1.165) is 29.4 Å². The average molecular weight is 290 g/mol. The maximum absolute atomic E-state index is 6.05. The van der Waals surface area contributed by atoms with Crippen molar-refractivity contribution in [3.05, 3.63) is 64.2 Å². The van der Waals surface area contributed by atoms with Crippen molar-refractivity contribution in [3.8, 4) is 5.75 Å². The van der Waals surface area contributed by atoms with Gasteiger partial charge in [-0.2, -0.15) is 0 Å². The van der Waals surface area contributed by atoms with Crippen LogP contribution in [0.15, 0.2) is 42.5 Å². The quantitative estimate of drug-likeness (QED) is 0.854. The van der Waals surface area contributed by atoms with Crippen molar-refractivity contribution < 1.29 is 4.74 Å². The lowest BCUT2D eigenvalue weighted by atomic mass is 10.1. The molecule has 0 saturated heterocycles. The summed E-state index contributed by atoms with van der Waals surface area (Å²) < 4.78 is 5.96. The van der Waals surface area contributed by atoms with Crippen LogP contribution in [0, 0.1) is 6.92 Å². The Hall–Kier alpha value is -1.51. The lowest BCUT2D eigenvalue weighted by Crippen LogP contribution is -2.13. The fourth-order valence-corrected chi connectivity index (χ4v) is 2.21. The molecule has 0 aliphatic carbocycles. The molecule has 0 aromatic heterocycles. The van der Waals surface area contributed by atoms with Crippen molar-refractivity contribution in [3.63, 3.8) is 0 Å². The molecular formula is C17H20ClNO. The van der Waals surface area contributed by atoms with Crippen LogP contribution in [-0.4, -0.2) is 6.54 Å². The molecule has 106 valence electrons. The van der Waals surface area contributed by atoms with Gasteiger partial charge in [0.25, 0.3) is 0 Å². The molecular weight excluding hydrogens is 270 g/mol. The summed E-state index contributed by atoms with van der Waals surface area (Å²) in [6, 6.07) is 14.0.